The Morgan fingerprint density at radius 2 is 1.81 bits per heavy atom. The number of hydrogen-bond donors (Lipinski definition) is 2. The number of benzene rings is 1. The van der Waals surface area contributed by atoms with Crippen molar-refractivity contribution in [2.24, 2.45) is 17.6 Å². The fourth-order valence-electron chi connectivity index (χ4n) is 4.15. The lowest BCUT2D eigenvalue weighted by molar-refractivity contribution is -0.135. The van der Waals surface area contributed by atoms with Crippen molar-refractivity contribution in [2.75, 3.05) is 13.1 Å². The van der Waals surface area contributed by atoms with Crippen LogP contribution in [-0.4, -0.2) is 35.8 Å². The lowest BCUT2D eigenvalue weighted by atomic mass is 9.88. The van der Waals surface area contributed by atoms with Gasteiger partial charge in [-0.1, -0.05) is 56.5 Å². The summed E-state index contributed by atoms with van der Waals surface area (Å²) < 4.78 is 0. The van der Waals surface area contributed by atoms with E-state index in [-0.39, 0.29) is 35.7 Å². The minimum atomic E-state index is -0.322. The zero-order valence-corrected chi connectivity index (χ0v) is 15.7. The molecule has 1 saturated carbocycles. The van der Waals surface area contributed by atoms with E-state index in [1.165, 1.54) is 19.3 Å². The number of carbonyl (C=O) groups is 2. The Morgan fingerprint density at radius 3 is 2.50 bits per heavy atom. The minimum Gasteiger partial charge on any atom is -0.351 e. The van der Waals surface area contributed by atoms with Crippen LogP contribution in [0.2, 0.25) is 0 Å². The minimum absolute atomic E-state index is 0.0293. The van der Waals surface area contributed by atoms with Crippen molar-refractivity contribution in [1.29, 1.82) is 0 Å². The molecule has 1 aliphatic heterocycles. The van der Waals surface area contributed by atoms with E-state index in [2.05, 4.69) is 5.32 Å². The second kappa shape index (κ2) is 8.67. The van der Waals surface area contributed by atoms with Crippen LogP contribution in [-0.2, 0) is 9.59 Å². The van der Waals surface area contributed by atoms with E-state index in [4.69, 9.17) is 5.73 Å². The monoisotopic (exact) mass is 357 g/mol. The maximum Gasteiger partial charge on any atom is 0.225 e. The van der Waals surface area contributed by atoms with Crippen LogP contribution in [0.1, 0.15) is 57.1 Å². The molecule has 0 radical (unpaired) electrons. The summed E-state index contributed by atoms with van der Waals surface area (Å²) >= 11 is 0. The van der Waals surface area contributed by atoms with E-state index in [1.807, 2.05) is 42.2 Å². The van der Waals surface area contributed by atoms with Gasteiger partial charge < -0.3 is 16.0 Å². The van der Waals surface area contributed by atoms with Crippen molar-refractivity contribution in [3.8, 4) is 0 Å². The van der Waals surface area contributed by atoms with Crippen LogP contribution in [0.25, 0.3) is 0 Å². The first-order chi connectivity index (χ1) is 12.6. The van der Waals surface area contributed by atoms with E-state index in [1.54, 1.807) is 0 Å². The molecule has 1 aromatic rings. The van der Waals surface area contributed by atoms with E-state index >= 15 is 0 Å². The number of nitrogens with two attached hydrogens (primary N) is 1. The van der Waals surface area contributed by atoms with Crippen LogP contribution in [0.5, 0.6) is 0 Å². The Kier molecular flexibility index (Phi) is 6.30. The highest BCUT2D eigenvalue weighted by Crippen LogP contribution is 2.27. The fraction of sp³-hybridized carbons (Fsp3) is 0.619. The first-order valence-corrected chi connectivity index (χ1v) is 9.96. The number of nitrogens with one attached hydrogen (secondary N) is 1. The lowest BCUT2D eigenvalue weighted by Crippen LogP contribution is -2.44. The van der Waals surface area contributed by atoms with Crippen molar-refractivity contribution in [2.45, 2.75) is 57.5 Å². The van der Waals surface area contributed by atoms with Gasteiger partial charge in [-0.3, -0.25) is 9.59 Å². The number of carbonyl (C=O) groups excluding carboxylic acids is 2. The number of nitrogens with zero attached hydrogens (tertiary/aromatic N) is 1. The molecule has 0 spiro atoms. The Labute approximate surface area is 156 Å². The van der Waals surface area contributed by atoms with Crippen LogP contribution < -0.4 is 11.1 Å². The summed E-state index contributed by atoms with van der Waals surface area (Å²) in [6.45, 7) is 3.25. The van der Waals surface area contributed by atoms with Gasteiger partial charge in [-0.15, -0.1) is 0 Å². The molecule has 142 valence electrons. The Hall–Kier alpha value is -1.88. The quantitative estimate of drug-likeness (QED) is 0.850. The molecule has 2 amide bonds. The van der Waals surface area contributed by atoms with Gasteiger partial charge in [0.1, 0.15) is 0 Å². The normalized spacial score (nSPS) is 23.5. The van der Waals surface area contributed by atoms with Crippen LogP contribution >= 0.6 is 0 Å². The Balaban J connectivity index is 1.50. The molecule has 26 heavy (non-hydrogen) atoms. The third-order valence-electron chi connectivity index (χ3n) is 5.94. The van der Waals surface area contributed by atoms with Gasteiger partial charge in [-0.2, -0.15) is 0 Å². The maximum absolute atomic E-state index is 12.7. The average Bonchev–Trinajstić information content (AvgIpc) is 3.16. The summed E-state index contributed by atoms with van der Waals surface area (Å²) in [4.78, 5) is 27.2. The van der Waals surface area contributed by atoms with Gasteiger partial charge in [0.2, 0.25) is 11.8 Å². The third-order valence-corrected chi connectivity index (χ3v) is 5.94. The smallest absolute Gasteiger partial charge is 0.225 e. The van der Waals surface area contributed by atoms with E-state index in [0.717, 1.165) is 31.4 Å². The number of hydrogen-bond acceptors (Lipinski definition) is 3. The maximum atomic E-state index is 12.7. The molecular weight excluding hydrogens is 326 g/mol. The summed E-state index contributed by atoms with van der Waals surface area (Å²) in [7, 11) is 0. The molecule has 3 atom stereocenters. The lowest BCUT2D eigenvalue weighted by Gasteiger charge is -2.26. The molecule has 1 aliphatic carbocycles. The SMILES string of the molecule is CC(C(=O)NC1CCN(C(=O)C2CCCCC2)C1)C(N)c1ccccc1. The van der Waals surface area contributed by atoms with Crippen LogP contribution in [0.4, 0.5) is 0 Å². The average molecular weight is 357 g/mol. The number of likely N-dealkylation sites (tertiary alicyclic amines) is 1. The summed E-state index contributed by atoms with van der Waals surface area (Å²) in [6.07, 6.45) is 6.46. The van der Waals surface area contributed by atoms with Gasteiger partial charge in [0.05, 0.1) is 5.92 Å². The highest BCUT2D eigenvalue weighted by atomic mass is 16.2. The second-order valence-electron chi connectivity index (χ2n) is 7.84. The molecule has 1 saturated heterocycles. The van der Waals surface area contributed by atoms with E-state index in [0.29, 0.717) is 6.54 Å². The zero-order chi connectivity index (χ0) is 18.5. The van der Waals surface area contributed by atoms with Gasteiger partial charge in [0, 0.05) is 31.1 Å². The largest absolute Gasteiger partial charge is 0.351 e. The Bertz CT molecular complexity index is 613. The Morgan fingerprint density at radius 1 is 1.12 bits per heavy atom. The third kappa shape index (κ3) is 4.44. The van der Waals surface area contributed by atoms with Crippen LogP contribution in [0.15, 0.2) is 30.3 Å². The van der Waals surface area contributed by atoms with Gasteiger partial charge in [-0.25, -0.2) is 0 Å². The predicted octanol–water partition coefficient (Wildman–Crippen LogP) is 2.62. The topological polar surface area (TPSA) is 75.4 Å². The first-order valence-electron chi connectivity index (χ1n) is 9.96. The number of rotatable bonds is 5. The molecule has 1 heterocycles. The summed E-state index contributed by atoms with van der Waals surface area (Å²) in [5, 5.41) is 3.10. The zero-order valence-electron chi connectivity index (χ0n) is 15.7. The van der Waals surface area contributed by atoms with Crippen LogP contribution in [0, 0.1) is 11.8 Å². The van der Waals surface area contributed by atoms with E-state index in [9.17, 15) is 9.59 Å². The molecule has 5 heteroatoms. The number of amides is 2. The van der Waals surface area contributed by atoms with E-state index < -0.39 is 0 Å². The van der Waals surface area contributed by atoms with Gasteiger partial charge in [0.25, 0.3) is 0 Å². The highest BCUT2D eigenvalue weighted by molar-refractivity contribution is 5.81. The molecule has 3 N–H and O–H groups in total. The van der Waals surface area contributed by atoms with Gasteiger partial charge >= 0.3 is 0 Å². The van der Waals surface area contributed by atoms with Crippen molar-refractivity contribution in [1.82, 2.24) is 10.2 Å². The first kappa shape index (κ1) is 18.9. The second-order valence-corrected chi connectivity index (χ2v) is 7.84. The summed E-state index contributed by atoms with van der Waals surface area (Å²) in [5.74, 6) is 0.151. The molecule has 0 bridgehead atoms. The molecule has 5 nitrogen and oxygen atoms in total. The highest BCUT2D eigenvalue weighted by Gasteiger charge is 2.33. The van der Waals surface area contributed by atoms with Crippen molar-refractivity contribution in [3.05, 3.63) is 35.9 Å². The standard InChI is InChI=1S/C21H31N3O2/c1-15(19(22)16-8-4-2-5-9-16)20(25)23-18-12-13-24(14-18)21(26)17-10-6-3-7-11-17/h2,4-5,8-9,15,17-19H,3,6-7,10-14,22H2,1H3,(H,23,25). The molecule has 3 rings (SSSR count). The molecule has 0 aromatic heterocycles. The van der Waals surface area contributed by atoms with Crippen molar-refractivity contribution in [3.63, 3.8) is 0 Å². The van der Waals surface area contributed by atoms with Crippen LogP contribution in [0.3, 0.4) is 0 Å². The molecule has 2 fully saturated rings. The predicted molar refractivity (Wildman–Crippen MR) is 102 cm³/mol. The van der Waals surface area contributed by atoms with Crippen molar-refractivity contribution < 1.29 is 9.59 Å². The van der Waals surface area contributed by atoms with Gasteiger partial charge in [-0.05, 0) is 24.8 Å². The van der Waals surface area contributed by atoms with Gasteiger partial charge in [0.15, 0.2) is 0 Å². The summed E-state index contributed by atoms with van der Waals surface area (Å²) in [5.41, 5.74) is 7.23. The molecule has 2 aliphatic rings. The fourth-order valence-corrected chi connectivity index (χ4v) is 4.15. The molecular formula is C21H31N3O2. The molecule has 1 aromatic carbocycles. The molecule has 3 unspecified atom stereocenters. The summed E-state index contributed by atoms with van der Waals surface area (Å²) in [6, 6.07) is 9.44. The van der Waals surface area contributed by atoms with Crippen molar-refractivity contribution >= 4 is 11.8 Å².